The van der Waals surface area contributed by atoms with Gasteiger partial charge in [0.1, 0.15) is 5.52 Å². The van der Waals surface area contributed by atoms with Gasteiger partial charge in [0, 0.05) is 12.6 Å². The summed E-state index contributed by atoms with van der Waals surface area (Å²) in [5.41, 5.74) is 1.84. The molecule has 1 fully saturated rings. The standard InChI is InChI=1S/C16H23N3O/c1-2-19(11-13-7-5-6-10-17-13)12-16-18-14-8-3-4-9-15(14)20-16/h3-4,8-9,13,17H,2,5-7,10-12H2,1H3. The van der Waals surface area contributed by atoms with E-state index >= 15 is 0 Å². The fourth-order valence-electron chi connectivity index (χ4n) is 2.88. The van der Waals surface area contributed by atoms with Crippen LogP contribution >= 0.6 is 0 Å². The van der Waals surface area contributed by atoms with Crippen molar-refractivity contribution < 1.29 is 4.42 Å². The van der Waals surface area contributed by atoms with Crippen LogP contribution in [0.3, 0.4) is 0 Å². The van der Waals surface area contributed by atoms with E-state index in [-0.39, 0.29) is 0 Å². The van der Waals surface area contributed by atoms with Crippen molar-refractivity contribution in [2.75, 3.05) is 19.6 Å². The van der Waals surface area contributed by atoms with Crippen molar-refractivity contribution in [3.05, 3.63) is 30.2 Å². The summed E-state index contributed by atoms with van der Waals surface area (Å²) in [5, 5.41) is 3.60. The fraction of sp³-hybridized carbons (Fsp3) is 0.562. The summed E-state index contributed by atoms with van der Waals surface area (Å²) >= 11 is 0. The minimum absolute atomic E-state index is 0.619. The first-order valence-corrected chi connectivity index (χ1v) is 7.65. The SMILES string of the molecule is CCN(Cc1nc2ccccc2o1)CC1CCCCN1. The monoisotopic (exact) mass is 273 g/mol. The largest absolute Gasteiger partial charge is 0.439 e. The maximum absolute atomic E-state index is 5.82. The maximum Gasteiger partial charge on any atom is 0.209 e. The molecule has 2 heterocycles. The van der Waals surface area contributed by atoms with Gasteiger partial charge in [0.2, 0.25) is 5.89 Å². The van der Waals surface area contributed by atoms with Crippen molar-refractivity contribution in [2.45, 2.75) is 38.8 Å². The van der Waals surface area contributed by atoms with Crippen molar-refractivity contribution in [3.63, 3.8) is 0 Å². The van der Waals surface area contributed by atoms with E-state index in [9.17, 15) is 0 Å². The molecule has 1 N–H and O–H groups in total. The van der Waals surface area contributed by atoms with Gasteiger partial charge in [0.05, 0.1) is 6.54 Å². The molecule has 1 unspecified atom stereocenters. The van der Waals surface area contributed by atoms with E-state index in [4.69, 9.17) is 4.42 Å². The summed E-state index contributed by atoms with van der Waals surface area (Å²) in [6.45, 7) is 6.26. The Morgan fingerprint density at radius 1 is 1.35 bits per heavy atom. The summed E-state index contributed by atoms with van der Waals surface area (Å²) in [6.07, 6.45) is 3.94. The first-order valence-electron chi connectivity index (χ1n) is 7.65. The molecule has 108 valence electrons. The van der Waals surface area contributed by atoms with Crippen LogP contribution < -0.4 is 5.32 Å². The molecule has 0 saturated carbocycles. The molecule has 1 aliphatic heterocycles. The average Bonchev–Trinajstić information content (AvgIpc) is 2.90. The highest BCUT2D eigenvalue weighted by Gasteiger charge is 2.17. The Balaban J connectivity index is 1.64. The number of hydrogen-bond donors (Lipinski definition) is 1. The number of oxazole rings is 1. The Kier molecular flexibility index (Phi) is 4.33. The summed E-state index contributed by atoms with van der Waals surface area (Å²) in [5.74, 6) is 0.823. The molecule has 0 aliphatic carbocycles. The molecule has 1 aliphatic rings. The summed E-state index contributed by atoms with van der Waals surface area (Å²) in [4.78, 5) is 6.98. The van der Waals surface area contributed by atoms with Gasteiger partial charge < -0.3 is 9.73 Å². The smallest absolute Gasteiger partial charge is 0.209 e. The van der Waals surface area contributed by atoms with Gasteiger partial charge in [-0.15, -0.1) is 0 Å². The van der Waals surface area contributed by atoms with Gasteiger partial charge in [-0.2, -0.15) is 0 Å². The van der Waals surface area contributed by atoms with Crippen LogP contribution in [-0.4, -0.2) is 35.6 Å². The molecule has 0 spiro atoms. The van der Waals surface area contributed by atoms with Crippen LogP contribution in [0.25, 0.3) is 11.1 Å². The predicted molar refractivity (Wildman–Crippen MR) is 80.6 cm³/mol. The summed E-state index contributed by atoms with van der Waals surface area (Å²) < 4.78 is 5.82. The third kappa shape index (κ3) is 3.19. The zero-order chi connectivity index (χ0) is 13.8. The molecule has 2 aromatic rings. The molecule has 4 heteroatoms. The molecule has 0 amide bonds. The Morgan fingerprint density at radius 2 is 2.25 bits per heavy atom. The number of nitrogens with one attached hydrogen (secondary N) is 1. The predicted octanol–water partition coefficient (Wildman–Crippen LogP) is 2.79. The second kappa shape index (κ2) is 6.37. The Labute approximate surface area is 120 Å². The molecular weight excluding hydrogens is 250 g/mol. The number of aromatic nitrogens is 1. The van der Waals surface area contributed by atoms with E-state index in [0.717, 1.165) is 43.2 Å². The number of piperidine rings is 1. The van der Waals surface area contributed by atoms with Gasteiger partial charge in [-0.3, -0.25) is 4.90 Å². The molecular formula is C16H23N3O. The number of hydrogen-bond acceptors (Lipinski definition) is 4. The summed E-state index contributed by atoms with van der Waals surface area (Å²) in [7, 11) is 0. The first-order chi connectivity index (χ1) is 9.85. The molecule has 1 saturated heterocycles. The maximum atomic E-state index is 5.82. The number of rotatable bonds is 5. The molecule has 1 atom stereocenters. The number of para-hydroxylation sites is 2. The van der Waals surface area contributed by atoms with Gasteiger partial charge in [-0.25, -0.2) is 4.98 Å². The molecule has 4 nitrogen and oxygen atoms in total. The minimum atomic E-state index is 0.619. The Bertz CT molecular complexity index is 512. The van der Waals surface area contributed by atoms with Crippen LogP contribution in [0.1, 0.15) is 32.1 Å². The third-order valence-corrected chi connectivity index (χ3v) is 4.04. The lowest BCUT2D eigenvalue weighted by Gasteiger charge is -2.29. The van der Waals surface area contributed by atoms with Gasteiger partial charge in [0.25, 0.3) is 0 Å². The second-order valence-electron chi connectivity index (χ2n) is 5.55. The molecule has 0 radical (unpaired) electrons. The highest BCUT2D eigenvalue weighted by Crippen LogP contribution is 2.16. The van der Waals surface area contributed by atoms with Gasteiger partial charge in [-0.05, 0) is 38.1 Å². The lowest BCUT2D eigenvalue weighted by atomic mass is 10.0. The van der Waals surface area contributed by atoms with E-state index in [1.807, 2.05) is 24.3 Å². The van der Waals surface area contributed by atoms with Crippen molar-refractivity contribution in [1.82, 2.24) is 15.2 Å². The number of benzene rings is 1. The third-order valence-electron chi connectivity index (χ3n) is 4.04. The van der Waals surface area contributed by atoms with E-state index in [0.29, 0.717) is 6.04 Å². The highest BCUT2D eigenvalue weighted by atomic mass is 16.3. The molecule has 20 heavy (non-hydrogen) atoms. The zero-order valence-electron chi connectivity index (χ0n) is 12.1. The lowest BCUT2D eigenvalue weighted by molar-refractivity contribution is 0.210. The topological polar surface area (TPSA) is 41.3 Å². The van der Waals surface area contributed by atoms with Crippen LogP contribution in [0.15, 0.2) is 28.7 Å². The van der Waals surface area contributed by atoms with Gasteiger partial charge in [0.15, 0.2) is 5.58 Å². The number of likely N-dealkylation sites (N-methyl/N-ethyl adjacent to an activating group) is 1. The van der Waals surface area contributed by atoms with Crippen LogP contribution in [0, 0.1) is 0 Å². The lowest BCUT2D eigenvalue weighted by Crippen LogP contribution is -2.43. The first kappa shape index (κ1) is 13.6. The molecule has 3 rings (SSSR count). The Hall–Kier alpha value is -1.39. The van der Waals surface area contributed by atoms with Gasteiger partial charge in [-0.1, -0.05) is 25.5 Å². The van der Waals surface area contributed by atoms with Crippen LogP contribution in [0.4, 0.5) is 0 Å². The number of nitrogens with zero attached hydrogens (tertiary/aromatic N) is 2. The van der Waals surface area contributed by atoms with E-state index in [2.05, 4.69) is 22.1 Å². The van der Waals surface area contributed by atoms with Crippen LogP contribution in [0.5, 0.6) is 0 Å². The second-order valence-corrected chi connectivity index (χ2v) is 5.55. The van der Waals surface area contributed by atoms with E-state index < -0.39 is 0 Å². The van der Waals surface area contributed by atoms with E-state index in [1.54, 1.807) is 0 Å². The summed E-state index contributed by atoms with van der Waals surface area (Å²) in [6, 6.07) is 8.58. The van der Waals surface area contributed by atoms with Crippen molar-refractivity contribution in [1.29, 1.82) is 0 Å². The van der Waals surface area contributed by atoms with Crippen molar-refractivity contribution >= 4 is 11.1 Å². The normalized spacial score (nSPS) is 19.8. The fourth-order valence-corrected chi connectivity index (χ4v) is 2.88. The van der Waals surface area contributed by atoms with Crippen LogP contribution in [0.2, 0.25) is 0 Å². The number of fused-ring (bicyclic) bond motifs is 1. The highest BCUT2D eigenvalue weighted by molar-refractivity contribution is 5.72. The van der Waals surface area contributed by atoms with Crippen molar-refractivity contribution in [2.24, 2.45) is 0 Å². The van der Waals surface area contributed by atoms with Gasteiger partial charge >= 0.3 is 0 Å². The van der Waals surface area contributed by atoms with E-state index in [1.165, 1.54) is 19.3 Å². The molecule has 1 aromatic heterocycles. The zero-order valence-corrected chi connectivity index (χ0v) is 12.1. The quantitative estimate of drug-likeness (QED) is 0.909. The minimum Gasteiger partial charge on any atom is -0.439 e. The Morgan fingerprint density at radius 3 is 3.00 bits per heavy atom. The molecule has 0 bridgehead atoms. The van der Waals surface area contributed by atoms with Crippen LogP contribution in [-0.2, 0) is 6.54 Å². The van der Waals surface area contributed by atoms with Crippen molar-refractivity contribution in [3.8, 4) is 0 Å². The molecule has 1 aromatic carbocycles. The average molecular weight is 273 g/mol.